The van der Waals surface area contributed by atoms with E-state index in [9.17, 15) is 0 Å². The lowest BCUT2D eigenvalue weighted by Gasteiger charge is -2.25. The van der Waals surface area contributed by atoms with Gasteiger partial charge in [-0.25, -0.2) is 0 Å². The van der Waals surface area contributed by atoms with Crippen molar-refractivity contribution in [2.24, 2.45) is 5.92 Å². The zero-order valence-electron chi connectivity index (χ0n) is 13.1. The average Bonchev–Trinajstić information content (AvgIpc) is 2.45. The van der Waals surface area contributed by atoms with E-state index in [1.807, 2.05) is 13.8 Å². The molecule has 1 fully saturated rings. The topological polar surface area (TPSA) is 21.3 Å². The summed E-state index contributed by atoms with van der Waals surface area (Å²) in [6.45, 7) is 11.9. The van der Waals surface area contributed by atoms with Crippen LogP contribution in [0.1, 0.15) is 72.6 Å². The van der Waals surface area contributed by atoms with Crippen molar-refractivity contribution in [3.05, 3.63) is 0 Å². The fraction of sp³-hybridized carbons (Fsp3) is 1.00. The first-order valence-electron chi connectivity index (χ1n) is 8.19. The average molecular weight is 257 g/mol. The fourth-order valence-corrected chi connectivity index (χ4v) is 2.39. The zero-order valence-corrected chi connectivity index (χ0v) is 13.1. The van der Waals surface area contributed by atoms with E-state index in [1.165, 1.54) is 58.0 Å². The van der Waals surface area contributed by atoms with Crippen LogP contribution in [-0.2, 0) is 4.74 Å². The maximum Gasteiger partial charge on any atom is 0.0575 e. The minimum absolute atomic E-state index is 0.528. The second-order valence-electron chi connectivity index (χ2n) is 5.08. The molecule has 1 unspecified atom stereocenters. The van der Waals surface area contributed by atoms with Gasteiger partial charge in [-0.3, -0.25) is 0 Å². The molecule has 1 atom stereocenters. The zero-order chi connectivity index (χ0) is 13.6. The number of nitrogens with one attached hydrogen (secondary N) is 1. The minimum Gasteiger partial charge on any atom is -0.378 e. The molecule has 0 amide bonds. The molecule has 0 spiro atoms. The molecule has 0 bridgehead atoms. The van der Waals surface area contributed by atoms with Crippen LogP contribution in [0.5, 0.6) is 0 Å². The third kappa shape index (κ3) is 8.93. The molecule has 0 saturated carbocycles. The Hall–Kier alpha value is -0.0800. The minimum atomic E-state index is 0.528. The molecule has 0 aromatic heterocycles. The predicted molar refractivity (Wildman–Crippen MR) is 81.1 cm³/mol. The van der Waals surface area contributed by atoms with Gasteiger partial charge in [0.15, 0.2) is 0 Å². The molecule has 110 valence electrons. The predicted octanol–water partition coefficient (Wildman–Crippen LogP) is 4.39. The molecule has 0 radical (unpaired) electrons. The van der Waals surface area contributed by atoms with Crippen molar-refractivity contribution in [1.29, 1.82) is 0 Å². The van der Waals surface area contributed by atoms with Crippen LogP contribution in [0, 0.1) is 5.92 Å². The second-order valence-corrected chi connectivity index (χ2v) is 5.08. The van der Waals surface area contributed by atoms with Gasteiger partial charge in [-0.05, 0) is 44.7 Å². The van der Waals surface area contributed by atoms with Gasteiger partial charge in [0.1, 0.15) is 0 Å². The first-order valence-corrected chi connectivity index (χ1v) is 8.19. The molecule has 0 aromatic carbocycles. The van der Waals surface area contributed by atoms with E-state index < -0.39 is 0 Å². The fourth-order valence-electron chi connectivity index (χ4n) is 2.39. The molecule has 0 aromatic rings. The van der Waals surface area contributed by atoms with Crippen molar-refractivity contribution >= 4 is 0 Å². The summed E-state index contributed by atoms with van der Waals surface area (Å²) in [5.41, 5.74) is 0. The molecular formula is C16H35NO. The van der Waals surface area contributed by atoms with Crippen LogP contribution in [0.4, 0.5) is 0 Å². The lowest BCUT2D eigenvalue weighted by atomic mass is 9.99. The highest BCUT2D eigenvalue weighted by Crippen LogP contribution is 2.16. The summed E-state index contributed by atoms with van der Waals surface area (Å²) < 4.78 is 6.10. The molecule has 1 N–H and O–H groups in total. The molecular weight excluding hydrogens is 222 g/mol. The molecule has 2 nitrogen and oxygen atoms in total. The van der Waals surface area contributed by atoms with Gasteiger partial charge in [-0.2, -0.15) is 0 Å². The van der Waals surface area contributed by atoms with E-state index in [2.05, 4.69) is 19.2 Å². The Morgan fingerprint density at radius 2 is 1.72 bits per heavy atom. The molecule has 0 aliphatic carbocycles. The van der Waals surface area contributed by atoms with Gasteiger partial charge < -0.3 is 10.1 Å². The number of hydrogen-bond donors (Lipinski definition) is 1. The van der Waals surface area contributed by atoms with Crippen LogP contribution in [0.2, 0.25) is 0 Å². The van der Waals surface area contributed by atoms with Gasteiger partial charge in [-0.15, -0.1) is 0 Å². The standard InChI is InChI=1S/C14H29NO.C2H6/c1-3-5-7-14(6-4-2)16-12-13-8-10-15-11-9-13;1-2/h13-15H,3-12H2,1-2H3;1-2H3. The van der Waals surface area contributed by atoms with Crippen LogP contribution < -0.4 is 5.32 Å². The van der Waals surface area contributed by atoms with Crippen molar-refractivity contribution in [3.63, 3.8) is 0 Å². The summed E-state index contributed by atoms with van der Waals surface area (Å²) in [6.07, 6.45) is 9.48. The van der Waals surface area contributed by atoms with E-state index >= 15 is 0 Å². The van der Waals surface area contributed by atoms with Crippen LogP contribution >= 0.6 is 0 Å². The first kappa shape index (κ1) is 17.9. The molecule has 1 aliphatic heterocycles. The maximum atomic E-state index is 6.10. The Balaban J connectivity index is 0.00000137. The summed E-state index contributed by atoms with van der Waals surface area (Å²) in [7, 11) is 0. The Morgan fingerprint density at radius 1 is 1.06 bits per heavy atom. The van der Waals surface area contributed by atoms with E-state index in [-0.39, 0.29) is 0 Å². The molecule has 2 heteroatoms. The first-order chi connectivity index (χ1) is 8.86. The van der Waals surface area contributed by atoms with Gasteiger partial charge in [0.2, 0.25) is 0 Å². The molecule has 1 heterocycles. The van der Waals surface area contributed by atoms with Gasteiger partial charge in [0.25, 0.3) is 0 Å². The summed E-state index contributed by atoms with van der Waals surface area (Å²) in [4.78, 5) is 0. The Morgan fingerprint density at radius 3 is 2.28 bits per heavy atom. The van der Waals surface area contributed by atoms with Gasteiger partial charge in [0, 0.05) is 6.61 Å². The number of piperidine rings is 1. The lowest BCUT2D eigenvalue weighted by molar-refractivity contribution is 0.0115. The SMILES string of the molecule is CC.CCCCC(CCC)OCC1CCNCC1. The van der Waals surface area contributed by atoms with Crippen molar-refractivity contribution < 1.29 is 4.74 Å². The summed E-state index contributed by atoms with van der Waals surface area (Å²) in [6, 6.07) is 0. The van der Waals surface area contributed by atoms with Gasteiger partial charge in [0.05, 0.1) is 6.10 Å². The smallest absolute Gasteiger partial charge is 0.0575 e. The van der Waals surface area contributed by atoms with Gasteiger partial charge >= 0.3 is 0 Å². The quantitative estimate of drug-likeness (QED) is 0.696. The van der Waals surface area contributed by atoms with Crippen LogP contribution in [0.3, 0.4) is 0 Å². The highest BCUT2D eigenvalue weighted by molar-refractivity contribution is 4.69. The summed E-state index contributed by atoms with van der Waals surface area (Å²) >= 11 is 0. The maximum absolute atomic E-state index is 6.10. The largest absolute Gasteiger partial charge is 0.378 e. The molecule has 1 saturated heterocycles. The van der Waals surface area contributed by atoms with E-state index in [0.29, 0.717) is 6.10 Å². The Kier molecular flexibility index (Phi) is 13.3. The lowest BCUT2D eigenvalue weighted by Crippen LogP contribution is -2.31. The third-order valence-electron chi connectivity index (χ3n) is 3.52. The number of hydrogen-bond acceptors (Lipinski definition) is 2. The Bertz CT molecular complexity index is 155. The van der Waals surface area contributed by atoms with E-state index in [4.69, 9.17) is 4.74 Å². The Labute approximate surface area is 115 Å². The normalized spacial score (nSPS) is 18.0. The van der Waals surface area contributed by atoms with Crippen LogP contribution in [0.15, 0.2) is 0 Å². The summed E-state index contributed by atoms with van der Waals surface area (Å²) in [5.74, 6) is 0.808. The highest BCUT2D eigenvalue weighted by atomic mass is 16.5. The number of rotatable bonds is 8. The van der Waals surface area contributed by atoms with Crippen molar-refractivity contribution in [2.75, 3.05) is 19.7 Å². The van der Waals surface area contributed by atoms with Crippen molar-refractivity contribution in [2.45, 2.75) is 78.7 Å². The highest BCUT2D eigenvalue weighted by Gasteiger charge is 2.15. The summed E-state index contributed by atoms with van der Waals surface area (Å²) in [5, 5.41) is 3.41. The van der Waals surface area contributed by atoms with Crippen molar-refractivity contribution in [1.82, 2.24) is 5.32 Å². The monoisotopic (exact) mass is 257 g/mol. The molecule has 1 aliphatic rings. The molecule has 18 heavy (non-hydrogen) atoms. The van der Waals surface area contributed by atoms with Crippen LogP contribution in [0.25, 0.3) is 0 Å². The van der Waals surface area contributed by atoms with Gasteiger partial charge in [-0.1, -0.05) is 47.0 Å². The molecule has 1 rings (SSSR count). The number of unbranched alkanes of at least 4 members (excludes halogenated alkanes) is 1. The van der Waals surface area contributed by atoms with Crippen LogP contribution in [-0.4, -0.2) is 25.8 Å². The third-order valence-corrected chi connectivity index (χ3v) is 3.52. The second kappa shape index (κ2) is 13.4. The van der Waals surface area contributed by atoms with E-state index in [1.54, 1.807) is 0 Å². The van der Waals surface area contributed by atoms with E-state index in [0.717, 1.165) is 12.5 Å². The number of ether oxygens (including phenoxy) is 1. The van der Waals surface area contributed by atoms with Crippen molar-refractivity contribution in [3.8, 4) is 0 Å².